The summed E-state index contributed by atoms with van der Waals surface area (Å²) in [5.41, 5.74) is 1.45. The Morgan fingerprint density at radius 1 is 1.26 bits per heavy atom. The van der Waals surface area contributed by atoms with Crippen LogP contribution in [0.2, 0.25) is 0 Å². The monoisotopic (exact) mass is 309 g/mol. The first-order chi connectivity index (χ1) is 11.2. The van der Waals surface area contributed by atoms with Gasteiger partial charge in [0, 0.05) is 16.7 Å². The van der Waals surface area contributed by atoms with Crippen LogP contribution >= 0.6 is 0 Å². The summed E-state index contributed by atoms with van der Waals surface area (Å²) < 4.78 is 10.4. The predicted molar refractivity (Wildman–Crippen MR) is 84.5 cm³/mol. The van der Waals surface area contributed by atoms with Crippen molar-refractivity contribution in [2.75, 3.05) is 13.7 Å². The number of carbonyl (C=O) groups excluding carboxylic acids is 2. The molecule has 0 N–H and O–H groups in total. The van der Waals surface area contributed by atoms with Crippen LogP contribution in [0.1, 0.15) is 33.2 Å². The lowest BCUT2D eigenvalue weighted by atomic mass is 9.91. The Morgan fingerprint density at radius 3 is 2.61 bits per heavy atom. The topological polar surface area (TPSA) is 76.4 Å². The molecule has 2 rings (SSSR count). The number of para-hydroxylation sites is 1. The van der Waals surface area contributed by atoms with Crippen LogP contribution < -0.4 is 4.74 Å². The molecule has 23 heavy (non-hydrogen) atoms. The first-order valence-corrected chi connectivity index (χ1v) is 7.00. The number of benzene rings is 2. The molecule has 0 saturated heterocycles. The van der Waals surface area contributed by atoms with Crippen LogP contribution in [-0.4, -0.2) is 26.0 Å². The minimum Gasteiger partial charge on any atom is -0.493 e. The minimum absolute atomic E-state index is 0.120. The maximum absolute atomic E-state index is 12.1. The molecule has 0 amide bonds. The number of carbonyl (C=O) groups is 2. The molecule has 0 unspecified atom stereocenters. The van der Waals surface area contributed by atoms with E-state index < -0.39 is 5.97 Å². The van der Waals surface area contributed by atoms with E-state index in [0.29, 0.717) is 29.8 Å². The van der Waals surface area contributed by atoms with Crippen LogP contribution in [-0.2, 0) is 4.74 Å². The van der Waals surface area contributed by atoms with Crippen LogP contribution in [0.25, 0.3) is 11.1 Å². The molecule has 116 valence electrons. The molecule has 0 heterocycles. The summed E-state index contributed by atoms with van der Waals surface area (Å²) in [4.78, 5) is 23.3. The molecule has 0 bridgehead atoms. The van der Waals surface area contributed by atoms with Gasteiger partial charge >= 0.3 is 5.97 Å². The molecule has 0 aromatic heterocycles. The summed E-state index contributed by atoms with van der Waals surface area (Å²) in [5, 5.41) is 9.49. The Balaban J connectivity index is 2.86. The van der Waals surface area contributed by atoms with Crippen molar-refractivity contribution in [2.45, 2.75) is 6.92 Å². The highest BCUT2D eigenvalue weighted by atomic mass is 16.5. The van der Waals surface area contributed by atoms with Gasteiger partial charge in [-0.1, -0.05) is 18.2 Å². The Morgan fingerprint density at radius 2 is 2.00 bits per heavy atom. The largest absolute Gasteiger partial charge is 0.493 e. The number of hydrogen-bond donors (Lipinski definition) is 0. The Bertz CT molecular complexity index is 790. The fraction of sp³-hybridized carbons (Fsp3) is 0.167. The van der Waals surface area contributed by atoms with Gasteiger partial charge in [0.25, 0.3) is 0 Å². The van der Waals surface area contributed by atoms with Gasteiger partial charge < -0.3 is 9.47 Å². The third kappa shape index (κ3) is 3.06. The minimum atomic E-state index is -0.583. The van der Waals surface area contributed by atoms with Crippen molar-refractivity contribution < 1.29 is 19.1 Å². The van der Waals surface area contributed by atoms with E-state index in [2.05, 4.69) is 0 Å². The van der Waals surface area contributed by atoms with Gasteiger partial charge in [-0.15, -0.1) is 0 Å². The second-order valence-corrected chi connectivity index (χ2v) is 4.60. The number of esters is 1. The second-order valence-electron chi connectivity index (χ2n) is 4.60. The van der Waals surface area contributed by atoms with Crippen LogP contribution in [0, 0.1) is 11.3 Å². The molecule has 5 nitrogen and oxygen atoms in total. The number of ether oxygens (including phenoxy) is 2. The molecular formula is C18H15NO4. The second kappa shape index (κ2) is 7.23. The van der Waals surface area contributed by atoms with Gasteiger partial charge in [0.15, 0.2) is 6.29 Å². The van der Waals surface area contributed by atoms with Gasteiger partial charge in [0.2, 0.25) is 0 Å². The molecule has 0 aliphatic rings. The lowest BCUT2D eigenvalue weighted by molar-refractivity contribution is 0.0601. The van der Waals surface area contributed by atoms with E-state index in [-0.39, 0.29) is 16.7 Å². The van der Waals surface area contributed by atoms with E-state index in [0.717, 1.165) is 0 Å². The smallest absolute Gasteiger partial charge is 0.338 e. The summed E-state index contributed by atoms with van der Waals surface area (Å²) in [6.45, 7) is 2.27. The maximum atomic E-state index is 12.1. The van der Waals surface area contributed by atoms with Crippen molar-refractivity contribution in [1.29, 1.82) is 5.26 Å². The fourth-order valence-corrected chi connectivity index (χ4v) is 2.35. The molecule has 5 heteroatoms. The number of nitrogens with zero attached hydrogens (tertiary/aromatic N) is 1. The number of rotatable bonds is 5. The third-order valence-corrected chi connectivity index (χ3v) is 3.34. The van der Waals surface area contributed by atoms with Gasteiger partial charge in [-0.05, 0) is 25.1 Å². The number of aldehydes is 1. The maximum Gasteiger partial charge on any atom is 0.338 e. The highest BCUT2D eigenvalue weighted by Crippen LogP contribution is 2.36. The van der Waals surface area contributed by atoms with Gasteiger partial charge in [-0.25, -0.2) is 4.79 Å². The van der Waals surface area contributed by atoms with Crippen molar-refractivity contribution in [1.82, 2.24) is 0 Å². The highest BCUT2D eigenvalue weighted by Gasteiger charge is 2.22. The van der Waals surface area contributed by atoms with Gasteiger partial charge in [0.05, 0.1) is 24.8 Å². The van der Waals surface area contributed by atoms with Crippen LogP contribution in [0.15, 0.2) is 36.4 Å². The number of methoxy groups -OCH3 is 1. The van der Waals surface area contributed by atoms with Crippen LogP contribution in [0.3, 0.4) is 0 Å². The van der Waals surface area contributed by atoms with Crippen molar-refractivity contribution in [3.63, 3.8) is 0 Å². The predicted octanol–water partition coefficient (Wildman–Crippen LogP) is 3.22. The highest BCUT2D eigenvalue weighted by molar-refractivity contribution is 6.02. The first kappa shape index (κ1) is 16.2. The van der Waals surface area contributed by atoms with E-state index in [1.807, 2.05) is 13.0 Å². The lowest BCUT2D eigenvalue weighted by Gasteiger charge is -2.15. The van der Waals surface area contributed by atoms with Crippen LogP contribution in [0.5, 0.6) is 5.75 Å². The average molecular weight is 309 g/mol. The molecule has 0 spiro atoms. The SMILES string of the molecule is CCOc1ccccc1-c1c(C(=O)OC)ccc(C=O)c1C#N. The fourth-order valence-electron chi connectivity index (χ4n) is 2.35. The Hall–Kier alpha value is -3.13. The molecule has 2 aromatic carbocycles. The van der Waals surface area contributed by atoms with Crippen LogP contribution in [0.4, 0.5) is 0 Å². The Kier molecular flexibility index (Phi) is 5.11. The quantitative estimate of drug-likeness (QED) is 0.626. The zero-order chi connectivity index (χ0) is 16.8. The summed E-state index contributed by atoms with van der Waals surface area (Å²) >= 11 is 0. The molecule has 0 radical (unpaired) electrons. The van der Waals surface area contributed by atoms with E-state index in [9.17, 15) is 14.9 Å². The summed E-state index contributed by atoms with van der Waals surface area (Å²) in [6.07, 6.45) is 0.590. The Labute approximate surface area is 134 Å². The summed E-state index contributed by atoms with van der Waals surface area (Å²) in [7, 11) is 1.26. The third-order valence-electron chi connectivity index (χ3n) is 3.34. The normalized spacial score (nSPS) is 9.78. The van der Waals surface area contributed by atoms with E-state index in [4.69, 9.17) is 9.47 Å². The number of hydrogen-bond acceptors (Lipinski definition) is 5. The molecule has 0 saturated carbocycles. The molecule has 0 aliphatic heterocycles. The summed E-state index contributed by atoms with van der Waals surface area (Å²) in [6, 6.07) is 12.0. The van der Waals surface area contributed by atoms with E-state index >= 15 is 0 Å². The van der Waals surface area contributed by atoms with E-state index in [1.165, 1.54) is 19.2 Å². The number of nitriles is 1. The standard InChI is InChI=1S/C18H15NO4/c1-3-23-16-7-5-4-6-13(16)17-14(18(21)22-2)9-8-12(11-20)15(17)10-19/h4-9,11H,3H2,1-2H3. The van der Waals surface area contributed by atoms with Crippen molar-refractivity contribution >= 4 is 12.3 Å². The van der Waals surface area contributed by atoms with Crippen molar-refractivity contribution in [3.05, 3.63) is 53.1 Å². The zero-order valence-corrected chi connectivity index (χ0v) is 12.8. The van der Waals surface area contributed by atoms with Crippen molar-refractivity contribution in [2.24, 2.45) is 0 Å². The van der Waals surface area contributed by atoms with Gasteiger partial charge in [0.1, 0.15) is 11.8 Å². The van der Waals surface area contributed by atoms with Gasteiger partial charge in [-0.3, -0.25) is 4.79 Å². The van der Waals surface area contributed by atoms with Crippen molar-refractivity contribution in [3.8, 4) is 22.9 Å². The molecule has 0 aliphatic carbocycles. The van der Waals surface area contributed by atoms with Gasteiger partial charge in [-0.2, -0.15) is 5.26 Å². The summed E-state index contributed by atoms with van der Waals surface area (Å²) in [5.74, 6) is -0.0556. The zero-order valence-electron chi connectivity index (χ0n) is 12.8. The molecular weight excluding hydrogens is 294 g/mol. The molecule has 0 fully saturated rings. The molecule has 2 aromatic rings. The first-order valence-electron chi connectivity index (χ1n) is 7.00. The lowest BCUT2D eigenvalue weighted by Crippen LogP contribution is -2.07. The average Bonchev–Trinajstić information content (AvgIpc) is 2.60. The van der Waals surface area contributed by atoms with E-state index in [1.54, 1.807) is 24.3 Å². The molecule has 0 atom stereocenters.